The number of ether oxygens (including phenoxy) is 1. The van der Waals surface area contributed by atoms with Crippen LogP contribution in [-0.2, 0) is 11.3 Å². The lowest BCUT2D eigenvalue weighted by Crippen LogP contribution is -2.47. The number of carbonyl (C=O) groups is 1. The van der Waals surface area contributed by atoms with Crippen molar-refractivity contribution in [1.29, 1.82) is 0 Å². The van der Waals surface area contributed by atoms with Crippen molar-refractivity contribution in [3.8, 4) is 11.5 Å². The van der Waals surface area contributed by atoms with Crippen LogP contribution in [0.25, 0.3) is 0 Å². The number of amides is 1. The summed E-state index contributed by atoms with van der Waals surface area (Å²) in [6, 6.07) is 12.7. The van der Waals surface area contributed by atoms with Crippen LogP contribution in [0.15, 0.2) is 42.5 Å². The van der Waals surface area contributed by atoms with Crippen molar-refractivity contribution in [1.82, 2.24) is 9.80 Å². The summed E-state index contributed by atoms with van der Waals surface area (Å²) in [7, 11) is 1.22. The molecule has 2 aliphatic rings. The molecule has 0 atom stereocenters. The maximum absolute atomic E-state index is 12.6. The lowest BCUT2D eigenvalue weighted by molar-refractivity contribution is 0.0664. The van der Waals surface area contributed by atoms with Gasteiger partial charge in [-0.3, -0.25) is 4.79 Å². The topological polar surface area (TPSA) is 62.2 Å². The first-order valence-electron chi connectivity index (χ1n) is 8.78. The third kappa shape index (κ3) is 3.46. The van der Waals surface area contributed by atoms with Gasteiger partial charge in [0, 0.05) is 31.7 Å². The molecule has 2 aromatic rings. The number of likely N-dealkylation sites (N-methyl/N-ethyl adjacent to an activating group) is 1. The summed E-state index contributed by atoms with van der Waals surface area (Å²) >= 11 is 0. The molecule has 6 nitrogen and oxygen atoms in total. The number of rotatable bonds is 3. The van der Waals surface area contributed by atoms with Crippen LogP contribution in [0.3, 0.4) is 0 Å². The quantitative estimate of drug-likeness (QED) is 0.838. The maximum atomic E-state index is 12.6. The van der Waals surface area contributed by atoms with Crippen molar-refractivity contribution >= 4 is 18.5 Å². The van der Waals surface area contributed by atoms with Crippen LogP contribution in [0.5, 0.6) is 11.5 Å². The first-order chi connectivity index (χ1) is 12.6. The minimum absolute atomic E-state index is 0.0633. The molecular formula is C19H21BN2O4. The Morgan fingerprint density at radius 3 is 2.50 bits per heavy atom. The van der Waals surface area contributed by atoms with E-state index in [1.807, 2.05) is 29.2 Å². The van der Waals surface area contributed by atoms with Gasteiger partial charge < -0.3 is 24.2 Å². The van der Waals surface area contributed by atoms with E-state index in [2.05, 4.69) is 11.9 Å². The van der Waals surface area contributed by atoms with Gasteiger partial charge in [-0.2, -0.15) is 0 Å². The summed E-state index contributed by atoms with van der Waals surface area (Å²) in [6.45, 7) is 3.72. The van der Waals surface area contributed by atoms with Gasteiger partial charge in [-0.1, -0.05) is 6.07 Å². The average Bonchev–Trinajstić information content (AvgIpc) is 3.03. The van der Waals surface area contributed by atoms with Crippen LogP contribution in [0.2, 0.25) is 0 Å². The van der Waals surface area contributed by atoms with E-state index in [-0.39, 0.29) is 5.91 Å². The number of piperazine rings is 1. The molecule has 1 saturated heterocycles. The fraction of sp³-hybridized carbons (Fsp3) is 0.316. The fourth-order valence-electron chi connectivity index (χ4n) is 3.26. The van der Waals surface area contributed by atoms with Crippen molar-refractivity contribution in [2.45, 2.75) is 6.61 Å². The molecule has 0 radical (unpaired) electrons. The molecular weight excluding hydrogens is 331 g/mol. The molecule has 2 aromatic carbocycles. The van der Waals surface area contributed by atoms with Crippen LogP contribution in [-0.4, -0.2) is 61.1 Å². The van der Waals surface area contributed by atoms with E-state index in [1.54, 1.807) is 18.2 Å². The third-order valence-electron chi connectivity index (χ3n) is 4.90. The van der Waals surface area contributed by atoms with Crippen molar-refractivity contribution in [2.24, 2.45) is 0 Å². The Hall–Kier alpha value is -2.35. The predicted octanol–water partition coefficient (Wildman–Crippen LogP) is 1.08. The lowest BCUT2D eigenvalue weighted by atomic mass is 9.80. The zero-order chi connectivity index (χ0) is 18.1. The van der Waals surface area contributed by atoms with Gasteiger partial charge in [-0.25, -0.2) is 0 Å². The fourth-order valence-corrected chi connectivity index (χ4v) is 3.26. The predicted molar refractivity (Wildman–Crippen MR) is 98.8 cm³/mol. The van der Waals surface area contributed by atoms with E-state index in [1.165, 1.54) is 0 Å². The smallest absolute Gasteiger partial charge is 0.457 e. The first-order valence-corrected chi connectivity index (χ1v) is 8.78. The number of benzene rings is 2. The summed E-state index contributed by atoms with van der Waals surface area (Å²) in [5.41, 5.74) is 2.38. The summed E-state index contributed by atoms with van der Waals surface area (Å²) in [5, 5.41) is 9.66. The Labute approximate surface area is 153 Å². The average molecular weight is 352 g/mol. The second kappa shape index (κ2) is 7.11. The largest absolute Gasteiger partial charge is 0.491 e. The molecule has 1 N–H and O–H groups in total. The highest BCUT2D eigenvalue weighted by molar-refractivity contribution is 6.61. The Bertz CT molecular complexity index is 804. The van der Waals surface area contributed by atoms with Gasteiger partial charge in [0.15, 0.2) is 0 Å². The van der Waals surface area contributed by atoms with Gasteiger partial charge in [0.05, 0.1) is 6.61 Å². The first kappa shape index (κ1) is 17.1. The molecule has 0 bridgehead atoms. The summed E-state index contributed by atoms with van der Waals surface area (Å²) in [5.74, 6) is 1.41. The van der Waals surface area contributed by atoms with Gasteiger partial charge in [0.1, 0.15) is 11.5 Å². The van der Waals surface area contributed by atoms with Gasteiger partial charge in [0.25, 0.3) is 5.91 Å². The number of nitrogens with zero attached hydrogens (tertiary/aromatic N) is 2. The number of carbonyl (C=O) groups excluding carboxylic acids is 1. The second-order valence-corrected chi connectivity index (χ2v) is 6.75. The van der Waals surface area contributed by atoms with Gasteiger partial charge in [0.2, 0.25) is 0 Å². The van der Waals surface area contributed by atoms with Crippen LogP contribution in [0.4, 0.5) is 0 Å². The number of fused-ring (bicyclic) bond motifs is 1. The molecule has 2 aliphatic heterocycles. The summed E-state index contributed by atoms with van der Waals surface area (Å²) in [6.07, 6.45) is 0. The molecule has 134 valence electrons. The highest BCUT2D eigenvalue weighted by atomic mass is 16.5. The highest BCUT2D eigenvalue weighted by Gasteiger charge is 2.27. The second-order valence-electron chi connectivity index (χ2n) is 6.75. The lowest BCUT2D eigenvalue weighted by Gasteiger charge is -2.32. The van der Waals surface area contributed by atoms with Crippen molar-refractivity contribution in [3.63, 3.8) is 0 Å². The zero-order valence-electron chi connectivity index (χ0n) is 14.7. The minimum Gasteiger partial charge on any atom is -0.457 e. The van der Waals surface area contributed by atoms with Gasteiger partial charge in [-0.15, -0.1) is 0 Å². The SMILES string of the molecule is CN1CCN(C(=O)c2ccc(Oc3ccc4c(c3)COB4O)cc2)CC1. The van der Waals surface area contributed by atoms with Gasteiger partial charge in [-0.05, 0) is 54.5 Å². The van der Waals surface area contributed by atoms with Crippen molar-refractivity contribution in [3.05, 3.63) is 53.6 Å². The zero-order valence-corrected chi connectivity index (χ0v) is 14.7. The highest BCUT2D eigenvalue weighted by Crippen LogP contribution is 2.24. The summed E-state index contributed by atoms with van der Waals surface area (Å²) in [4.78, 5) is 16.7. The van der Waals surface area contributed by atoms with E-state index in [4.69, 9.17) is 9.39 Å². The van der Waals surface area contributed by atoms with Crippen LogP contribution in [0.1, 0.15) is 15.9 Å². The minimum atomic E-state index is -0.848. The molecule has 7 heteroatoms. The molecule has 0 saturated carbocycles. The monoisotopic (exact) mass is 352 g/mol. The normalized spacial score (nSPS) is 17.3. The molecule has 0 unspecified atom stereocenters. The molecule has 4 rings (SSSR count). The molecule has 0 aliphatic carbocycles. The molecule has 2 heterocycles. The molecule has 26 heavy (non-hydrogen) atoms. The van der Waals surface area contributed by atoms with E-state index < -0.39 is 7.12 Å². The Morgan fingerprint density at radius 1 is 1.08 bits per heavy atom. The molecule has 1 amide bonds. The Balaban J connectivity index is 1.42. The Kier molecular flexibility index (Phi) is 4.67. The standard InChI is InChI=1S/C19H21BN2O4/c1-21-8-10-22(11-9-21)19(23)14-2-4-16(5-3-14)26-17-6-7-18-15(12-17)13-25-20(18)24/h2-7,12,24H,8-11,13H2,1H3. The van der Waals surface area contributed by atoms with Crippen molar-refractivity contribution in [2.75, 3.05) is 33.2 Å². The third-order valence-corrected chi connectivity index (χ3v) is 4.90. The van der Waals surface area contributed by atoms with Crippen LogP contribution >= 0.6 is 0 Å². The number of hydrogen-bond donors (Lipinski definition) is 1. The van der Waals surface area contributed by atoms with Gasteiger partial charge >= 0.3 is 7.12 Å². The van der Waals surface area contributed by atoms with E-state index in [9.17, 15) is 9.82 Å². The Morgan fingerprint density at radius 2 is 1.77 bits per heavy atom. The molecule has 0 spiro atoms. The molecule has 1 fully saturated rings. The van der Waals surface area contributed by atoms with E-state index in [0.717, 1.165) is 37.2 Å². The van der Waals surface area contributed by atoms with E-state index >= 15 is 0 Å². The maximum Gasteiger partial charge on any atom is 0.491 e. The summed E-state index contributed by atoms with van der Waals surface area (Å²) < 4.78 is 11.1. The van der Waals surface area contributed by atoms with Crippen LogP contribution in [0, 0.1) is 0 Å². The van der Waals surface area contributed by atoms with Crippen molar-refractivity contribution < 1.29 is 19.2 Å². The van der Waals surface area contributed by atoms with E-state index in [0.29, 0.717) is 23.7 Å². The van der Waals surface area contributed by atoms with Crippen LogP contribution < -0.4 is 10.2 Å². The number of hydrogen-bond acceptors (Lipinski definition) is 5. The molecule has 0 aromatic heterocycles.